The SMILES string of the molecule is CN(C)/C=C1/CN(C2(C)CCN(C(=O)OC(C)(C)C)CC2)CC1=O. The molecule has 2 aliphatic rings. The second-order valence-electron chi connectivity index (χ2n) is 8.36. The maximum absolute atomic E-state index is 12.2. The summed E-state index contributed by atoms with van der Waals surface area (Å²) in [6, 6.07) is 0. The van der Waals surface area contributed by atoms with E-state index in [4.69, 9.17) is 4.74 Å². The van der Waals surface area contributed by atoms with Crippen LogP contribution in [0.3, 0.4) is 0 Å². The van der Waals surface area contributed by atoms with Crippen LogP contribution in [-0.4, -0.2) is 78.0 Å². The average molecular weight is 337 g/mol. The Hall–Kier alpha value is -1.56. The summed E-state index contributed by atoms with van der Waals surface area (Å²) in [5.74, 6) is 0.208. The molecule has 0 aromatic carbocycles. The summed E-state index contributed by atoms with van der Waals surface area (Å²) in [7, 11) is 3.87. The lowest BCUT2D eigenvalue weighted by molar-refractivity contribution is -0.115. The molecule has 0 unspecified atom stereocenters. The predicted octanol–water partition coefficient (Wildman–Crippen LogP) is 2.11. The zero-order valence-corrected chi connectivity index (χ0v) is 15.9. The van der Waals surface area contributed by atoms with E-state index in [0.717, 1.165) is 18.4 Å². The van der Waals surface area contributed by atoms with Crippen molar-refractivity contribution in [2.45, 2.75) is 51.7 Å². The molecule has 0 aromatic heterocycles. The normalized spacial score (nSPS) is 23.7. The van der Waals surface area contributed by atoms with Gasteiger partial charge in [-0.3, -0.25) is 9.69 Å². The van der Waals surface area contributed by atoms with Crippen molar-refractivity contribution in [1.82, 2.24) is 14.7 Å². The second kappa shape index (κ2) is 6.75. The third-order valence-electron chi connectivity index (χ3n) is 4.72. The number of amides is 1. The van der Waals surface area contributed by atoms with E-state index in [2.05, 4.69) is 11.8 Å². The molecule has 24 heavy (non-hydrogen) atoms. The minimum Gasteiger partial charge on any atom is -0.444 e. The molecule has 136 valence electrons. The zero-order chi connectivity index (χ0) is 18.1. The van der Waals surface area contributed by atoms with Crippen LogP contribution in [0.25, 0.3) is 0 Å². The molecule has 0 radical (unpaired) electrons. The first-order chi connectivity index (χ1) is 11.0. The van der Waals surface area contributed by atoms with Crippen LogP contribution >= 0.6 is 0 Å². The molecule has 1 amide bonds. The number of carbonyl (C=O) groups excluding carboxylic acids is 2. The minimum absolute atomic E-state index is 0.0456. The second-order valence-corrected chi connectivity index (χ2v) is 8.36. The van der Waals surface area contributed by atoms with Gasteiger partial charge in [0.05, 0.1) is 6.54 Å². The van der Waals surface area contributed by atoms with E-state index in [1.54, 1.807) is 4.90 Å². The summed E-state index contributed by atoms with van der Waals surface area (Å²) in [6.07, 6.45) is 3.39. The van der Waals surface area contributed by atoms with Crippen LogP contribution in [0, 0.1) is 0 Å². The Morgan fingerprint density at radius 1 is 1.21 bits per heavy atom. The van der Waals surface area contributed by atoms with Crippen LogP contribution in [0.5, 0.6) is 0 Å². The van der Waals surface area contributed by atoms with E-state index in [1.165, 1.54) is 0 Å². The van der Waals surface area contributed by atoms with Crippen molar-refractivity contribution in [3.63, 3.8) is 0 Å². The minimum atomic E-state index is -0.467. The van der Waals surface area contributed by atoms with Gasteiger partial charge in [0.1, 0.15) is 5.60 Å². The zero-order valence-electron chi connectivity index (χ0n) is 15.9. The van der Waals surface area contributed by atoms with Gasteiger partial charge in [0.15, 0.2) is 5.78 Å². The molecule has 0 N–H and O–H groups in total. The number of carbonyl (C=O) groups is 2. The molecule has 2 rings (SSSR count). The summed E-state index contributed by atoms with van der Waals surface area (Å²) in [4.78, 5) is 30.4. The highest BCUT2D eigenvalue weighted by atomic mass is 16.6. The van der Waals surface area contributed by atoms with Gasteiger partial charge in [-0.25, -0.2) is 4.79 Å². The maximum Gasteiger partial charge on any atom is 0.410 e. The van der Waals surface area contributed by atoms with Crippen molar-refractivity contribution in [2.75, 3.05) is 40.3 Å². The van der Waals surface area contributed by atoms with Crippen LogP contribution in [0.15, 0.2) is 11.8 Å². The van der Waals surface area contributed by atoms with E-state index in [9.17, 15) is 9.59 Å². The Labute approximate surface area is 145 Å². The molecule has 0 aromatic rings. The van der Waals surface area contributed by atoms with Crippen molar-refractivity contribution in [3.05, 3.63) is 11.8 Å². The Morgan fingerprint density at radius 3 is 2.29 bits per heavy atom. The van der Waals surface area contributed by atoms with E-state index in [1.807, 2.05) is 46.0 Å². The summed E-state index contributed by atoms with van der Waals surface area (Å²) in [5.41, 5.74) is 0.358. The van der Waals surface area contributed by atoms with E-state index in [-0.39, 0.29) is 17.4 Å². The smallest absolute Gasteiger partial charge is 0.410 e. The summed E-state index contributed by atoms with van der Waals surface area (Å²) in [5, 5.41) is 0. The van der Waals surface area contributed by atoms with Crippen molar-refractivity contribution >= 4 is 11.9 Å². The quantitative estimate of drug-likeness (QED) is 0.722. The molecular weight excluding hydrogens is 306 g/mol. The van der Waals surface area contributed by atoms with Gasteiger partial charge in [-0.15, -0.1) is 0 Å². The first kappa shape index (κ1) is 18.8. The fourth-order valence-corrected chi connectivity index (χ4v) is 3.24. The van der Waals surface area contributed by atoms with Gasteiger partial charge in [-0.2, -0.15) is 0 Å². The van der Waals surface area contributed by atoms with Gasteiger partial charge in [0.25, 0.3) is 0 Å². The number of ketones is 1. The van der Waals surface area contributed by atoms with Crippen molar-refractivity contribution in [2.24, 2.45) is 0 Å². The average Bonchev–Trinajstić information content (AvgIpc) is 2.79. The third kappa shape index (κ3) is 4.50. The Balaban J connectivity index is 1.95. The molecule has 0 spiro atoms. The molecule has 0 atom stereocenters. The maximum atomic E-state index is 12.2. The van der Waals surface area contributed by atoms with Gasteiger partial charge < -0.3 is 14.5 Å². The first-order valence-electron chi connectivity index (χ1n) is 8.63. The summed E-state index contributed by atoms with van der Waals surface area (Å²) < 4.78 is 5.45. The Bertz CT molecular complexity index is 526. The highest BCUT2D eigenvalue weighted by Gasteiger charge is 2.42. The molecule has 2 heterocycles. The van der Waals surface area contributed by atoms with Crippen molar-refractivity contribution in [3.8, 4) is 0 Å². The molecule has 0 saturated carbocycles. The van der Waals surface area contributed by atoms with Crippen LogP contribution in [-0.2, 0) is 9.53 Å². The first-order valence-corrected chi connectivity index (χ1v) is 8.63. The summed E-state index contributed by atoms with van der Waals surface area (Å²) in [6.45, 7) is 10.4. The fourth-order valence-electron chi connectivity index (χ4n) is 3.24. The third-order valence-corrected chi connectivity index (χ3v) is 4.72. The highest BCUT2D eigenvalue weighted by Crippen LogP contribution is 2.32. The van der Waals surface area contributed by atoms with Gasteiger partial charge in [0, 0.05) is 51.0 Å². The van der Waals surface area contributed by atoms with Crippen molar-refractivity contribution < 1.29 is 14.3 Å². The number of Topliss-reactive ketones (excluding diaryl/α,β-unsaturated/α-hetero) is 1. The lowest BCUT2D eigenvalue weighted by Crippen LogP contribution is -2.54. The largest absolute Gasteiger partial charge is 0.444 e. The Morgan fingerprint density at radius 2 is 1.79 bits per heavy atom. The number of nitrogens with zero attached hydrogens (tertiary/aromatic N) is 3. The van der Waals surface area contributed by atoms with Crippen LogP contribution < -0.4 is 0 Å². The summed E-state index contributed by atoms with van der Waals surface area (Å²) >= 11 is 0. The van der Waals surface area contributed by atoms with Gasteiger partial charge in [-0.05, 0) is 40.5 Å². The highest BCUT2D eigenvalue weighted by molar-refractivity contribution is 5.99. The number of rotatable bonds is 2. The standard InChI is InChI=1S/C18H31N3O3/c1-17(2,3)24-16(23)20-9-7-18(4,8-10-20)21-12-14(11-19(5)6)15(22)13-21/h11H,7-10,12-13H2,1-6H3/b14-11-. The predicted molar refractivity (Wildman–Crippen MR) is 93.8 cm³/mol. The molecule has 6 heteroatoms. The molecule has 6 nitrogen and oxygen atoms in total. The monoisotopic (exact) mass is 337 g/mol. The van der Waals surface area contributed by atoms with E-state index in [0.29, 0.717) is 26.2 Å². The number of ether oxygens (including phenoxy) is 1. The Kier molecular flexibility index (Phi) is 5.28. The van der Waals surface area contributed by atoms with E-state index < -0.39 is 5.60 Å². The number of hydrogen-bond acceptors (Lipinski definition) is 5. The molecule has 2 saturated heterocycles. The lowest BCUT2D eigenvalue weighted by atomic mass is 9.88. The number of hydrogen-bond donors (Lipinski definition) is 0. The van der Waals surface area contributed by atoms with E-state index >= 15 is 0 Å². The van der Waals surface area contributed by atoms with Crippen LogP contribution in [0.1, 0.15) is 40.5 Å². The van der Waals surface area contributed by atoms with Gasteiger partial charge >= 0.3 is 6.09 Å². The molecule has 2 fully saturated rings. The lowest BCUT2D eigenvalue weighted by Gasteiger charge is -2.44. The number of likely N-dealkylation sites (tertiary alicyclic amines) is 2. The van der Waals surface area contributed by atoms with Gasteiger partial charge in [0.2, 0.25) is 0 Å². The molecule has 0 bridgehead atoms. The molecule has 2 aliphatic heterocycles. The van der Waals surface area contributed by atoms with Crippen LogP contribution in [0.2, 0.25) is 0 Å². The van der Waals surface area contributed by atoms with Gasteiger partial charge in [-0.1, -0.05) is 0 Å². The van der Waals surface area contributed by atoms with Crippen LogP contribution in [0.4, 0.5) is 4.79 Å². The molecule has 0 aliphatic carbocycles. The topological polar surface area (TPSA) is 53.1 Å². The fraction of sp³-hybridized carbons (Fsp3) is 0.778. The van der Waals surface area contributed by atoms with Crippen molar-refractivity contribution in [1.29, 1.82) is 0 Å². The number of piperidine rings is 1. The molecular formula is C18H31N3O3.